The zero-order valence-corrected chi connectivity index (χ0v) is 13.2. The molecule has 2 aromatic rings. The molecule has 0 radical (unpaired) electrons. The number of pyridine rings is 1. The largest absolute Gasteiger partial charge is 0.491 e. The summed E-state index contributed by atoms with van der Waals surface area (Å²) in [5.74, 6) is 0.627. The van der Waals surface area contributed by atoms with Gasteiger partial charge >= 0.3 is 0 Å². The Balaban J connectivity index is 2.31. The van der Waals surface area contributed by atoms with Crippen molar-refractivity contribution in [3.8, 4) is 17.0 Å². The van der Waals surface area contributed by atoms with Crippen molar-refractivity contribution < 1.29 is 18.3 Å². The quantitative estimate of drug-likeness (QED) is 0.723. The highest BCUT2D eigenvalue weighted by atomic mass is 35.5. The molecule has 0 amide bonds. The monoisotopic (exact) mass is 343 g/mol. The lowest BCUT2D eigenvalue weighted by molar-refractivity contribution is 0.126. The summed E-state index contributed by atoms with van der Waals surface area (Å²) in [5.41, 5.74) is 0.367. The van der Waals surface area contributed by atoms with Gasteiger partial charge in [0.2, 0.25) is 0 Å². The van der Waals surface area contributed by atoms with Crippen molar-refractivity contribution >= 4 is 11.6 Å². The van der Waals surface area contributed by atoms with E-state index in [4.69, 9.17) is 21.1 Å². The van der Waals surface area contributed by atoms with Crippen LogP contribution in [0.15, 0.2) is 41.2 Å². The van der Waals surface area contributed by atoms with Gasteiger partial charge in [0.15, 0.2) is 0 Å². The molecule has 7 heteroatoms. The summed E-state index contributed by atoms with van der Waals surface area (Å²) >= 11 is 5.74. The van der Waals surface area contributed by atoms with Gasteiger partial charge in [-0.05, 0) is 42.0 Å². The van der Waals surface area contributed by atoms with Crippen molar-refractivity contribution in [1.29, 1.82) is 0 Å². The van der Waals surface area contributed by atoms with Crippen LogP contribution < -0.4 is 10.3 Å². The van der Waals surface area contributed by atoms with E-state index in [0.29, 0.717) is 30.2 Å². The maximum Gasteiger partial charge on any atom is 0.269 e. The number of methoxy groups -OCH3 is 1. The van der Waals surface area contributed by atoms with Crippen LogP contribution in [-0.2, 0) is 11.3 Å². The topological polar surface area (TPSA) is 40.5 Å². The summed E-state index contributed by atoms with van der Waals surface area (Å²) in [4.78, 5) is 12.0. The Labute approximate surface area is 137 Å². The Morgan fingerprint density at radius 1 is 1.13 bits per heavy atom. The fraction of sp³-hybridized carbons (Fsp3) is 0.312. The molecule has 4 nitrogen and oxygen atoms in total. The maximum atomic E-state index is 12.7. The van der Waals surface area contributed by atoms with Crippen molar-refractivity contribution in [2.24, 2.45) is 0 Å². The summed E-state index contributed by atoms with van der Waals surface area (Å²) in [6.45, 7) is 0.167. The van der Waals surface area contributed by atoms with Crippen LogP contribution in [0.3, 0.4) is 0 Å². The van der Waals surface area contributed by atoms with E-state index in [9.17, 15) is 13.6 Å². The number of aromatic nitrogens is 1. The third-order valence-electron chi connectivity index (χ3n) is 3.15. The first-order valence-corrected chi connectivity index (χ1v) is 7.30. The molecular formula is C16H16ClF2NO3. The normalized spacial score (nSPS) is 11.0. The van der Waals surface area contributed by atoms with Gasteiger partial charge < -0.3 is 14.0 Å². The van der Waals surface area contributed by atoms with Gasteiger partial charge in [-0.3, -0.25) is 4.79 Å². The third kappa shape index (κ3) is 4.53. The molecule has 1 aromatic heterocycles. The molecule has 0 aliphatic carbocycles. The predicted molar refractivity (Wildman–Crippen MR) is 84.5 cm³/mol. The number of rotatable bonds is 7. The van der Waals surface area contributed by atoms with Gasteiger partial charge in [0.05, 0.1) is 18.8 Å². The number of alkyl halides is 2. The van der Waals surface area contributed by atoms with Crippen molar-refractivity contribution in [3.63, 3.8) is 0 Å². The van der Waals surface area contributed by atoms with Crippen molar-refractivity contribution in [2.45, 2.75) is 13.0 Å². The fourth-order valence-electron chi connectivity index (χ4n) is 2.09. The SMILES string of the molecule is COCCOc1ccc(-c2ccc(Cl)c(=O)n2CC(F)F)cc1. The van der Waals surface area contributed by atoms with Gasteiger partial charge in [-0.25, -0.2) is 8.78 Å². The number of hydrogen-bond acceptors (Lipinski definition) is 3. The number of nitrogens with zero attached hydrogens (tertiary/aromatic N) is 1. The zero-order valence-electron chi connectivity index (χ0n) is 12.5. The van der Waals surface area contributed by atoms with Gasteiger partial charge in [0.25, 0.3) is 12.0 Å². The second-order valence-corrected chi connectivity index (χ2v) is 5.15. The lowest BCUT2D eigenvalue weighted by Crippen LogP contribution is -2.25. The van der Waals surface area contributed by atoms with Gasteiger partial charge in [-0.15, -0.1) is 0 Å². The average molecular weight is 344 g/mol. The van der Waals surface area contributed by atoms with Crippen LogP contribution in [0.1, 0.15) is 0 Å². The molecule has 0 N–H and O–H groups in total. The van der Waals surface area contributed by atoms with E-state index in [0.717, 1.165) is 4.57 Å². The van der Waals surface area contributed by atoms with Crippen LogP contribution in [0.25, 0.3) is 11.3 Å². The second-order valence-electron chi connectivity index (χ2n) is 4.74. The standard InChI is InChI=1S/C16H16ClF2NO3/c1-22-8-9-23-12-4-2-11(3-5-12)14-7-6-13(17)16(21)20(14)10-15(18)19/h2-7,15H,8-10H2,1H3. The molecule has 23 heavy (non-hydrogen) atoms. The summed E-state index contributed by atoms with van der Waals surface area (Å²) in [6, 6.07) is 9.77. The number of hydrogen-bond donors (Lipinski definition) is 0. The highest BCUT2D eigenvalue weighted by Gasteiger charge is 2.13. The fourth-order valence-corrected chi connectivity index (χ4v) is 2.25. The van der Waals surface area contributed by atoms with Crippen molar-refractivity contribution in [2.75, 3.05) is 20.3 Å². The first-order valence-electron chi connectivity index (χ1n) is 6.92. The van der Waals surface area contributed by atoms with Crippen LogP contribution in [0.2, 0.25) is 5.02 Å². The Morgan fingerprint density at radius 3 is 2.43 bits per heavy atom. The van der Waals surface area contributed by atoms with E-state index in [1.807, 2.05) is 0 Å². The molecular weight excluding hydrogens is 328 g/mol. The second kappa shape index (κ2) is 8.08. The highest BCUT2D eigenvalue weighted by molar-refractivity contribution is 6.30. The minimum Gasteiger partial charge on any atom is -0.491 e. The van der Waals surface area contributed by atoms with Crippen LogP contribution in [0.5, 0.6) is 5.75 Å². The Hall–Kier alpha value is -1.92. The molecule has 0 aliphatic rings. The highest BCUT2D eigenvalue weighted by Crippen LogP contribution is 2.23. The Morgan fingerprint density at radius 2 is 1.83 bits per heavy atom. The van der Waals surface area contributed by atoms with Crippen LogP contribution >= 0.6 is 11.6 Å². The van der Waals surface area contributed by atoms with Crippen LogP contribution in [0.4, 0.5) is 8.78 Å². The molecule has 0 saturated carbocycles. The lowest BCUT2D eigenvalue weighted by atomic mass is 10.1. The van der Waals surface area contributed by atoms with E-state index in [2.05, 4.69) is 0 Å². The molecule has 2 rings (SSSR count). The Kier molecular flexibility index (Phi) is 6.12. The number of benzene rings is 1. The van der Waals surface area contributed by atoms with Gasteiger partial charge in [-0.1, -0.05) is 11.6 Å². The van der Waals surface area contributed by atoms with E-state index in [1.54, 1.807) is 37.4 Å². The van der Waals surface area contributed by atoms with E-state index < -0.39 is 18.5 Å². The molecule has 1 aromatic carbocycles. The van der Waals surface area contributed by atoms with Gasteiger partial charge in [-0.2, -0.15) is 0 Å². The minimum absolute atomic E-state index is 0.0890. The molecule has 0 atom stereocenters. The minimum atomic E-state index is -2.65. The van der Waals surface area contributed by atoms with Gasteiger partial charge in [0, 0.05) is 7.11 Å². The van der Waals surface area contributed by atoms with E-state index >= 15 is 0 Å². The first kappa shape index (κ1) is 17.4. The van der Waals surface area contributed by atoms with Gasteiger partial charge in [0.1, 0.15) is 17.4 Å². The number of ether oxygens (including phenoxy) is 2. The smallest absolute Gasteiger partial charge is 0.269 e. The molecule has 1 heterocycles. The van der Waals surface area contributed by atoms with Crippen LogP contribution in [0, 0.1) is 0 Å². The molecule has 0 spiro atoms. The van der Waals surface area contributed by atoms with Crippen molar-refractivity contribution in [1.82, 2.24) is 4.57 Å². The summed E-state index contributed by atoms with van der Waals surface area (Å²) in [7, 11) is 1.58. The van der Waals surface area contributed by atoms with E-state index in [-0.39, 0.29) is 5.02 Å². The zero-order chi connectivity index (χ0) is 16.8. The lowest BCUT2D eigenvalue weighted by Gasteiger charge is -2.13. The van der Waals surface area contributed by atoms with Crippen molar-refractivity contribution in [3.05, 3.63) is 51.8 Å². The maximum absolute atomic E-state index is 12.7. The third-order valence-corrected chi connectivity index (χ3v) is 3.44. The molecule has 0 bridgehead atoms. The average Bonchev–Trinajstić information content (AvgIpc) is 2.53. The molecule has 0 saturated heterocycles. The Bertz CT molecular complexity index is 701. The first-order chi connectivity index (χ1) is 11.0. The summed E-state index contributed by atoms with van der Waals surface area (Å²) in [5, 5.41) is -0.0890. The predicted octanol–water partition coefficient (Wildman–Crippen LogP) is 3.46. The summed E-state index contributed by atoms with van der Waals surface area (Å²) < 4.78 is 36.8. The number of halogens is 3. The van der Waals surface area contributed by atoms with Crippen LogP contribution in [-0.4, -0.2) is 31.3 Å². The molecule has 0 fully saturated rings. The molecule has 0 unspecified atom stereocenters. The van der Waals surface area contributed by atoms with E-state index in [1.165, 1.54) is 6.07 Å². The molecule has 0 aliphatic heterocycles. The molecule has 124 valence electrons. The summed E-state index contributed by atoms with van der Waals surface area (Å²) in [6.07, 6.45) is -2.65.